The summed E-state index contributed by atoms with van der Waals surface area (Å²) >= 11 is 3.43. The zero-order valence-corrected chi connectivity index (χ0v) is 15.3. The lowest BCUT2D eigenvalue weighted by molar-refractivity contribution is -0.121. The topological polar surface area (TPSA) is 47.6 Å². The molecule has 0 aliphatic carbocycles. The summed E-state index contributed by atoms with van der Waals surface area (Å²) in [4.78, 5) is 11.9. The van der Waals surface area contributed by atoms with Gasteiger partial charge in [0.25, 0.3) is 0 Å². The number of benzene rings is 2. The molecule has 0 fully saturated rings. The number of amides is 1. The van der Waals surface area contributed by atoms with Gasteiger partial charge in [-0.15, -0.1) is 0 Å². The minimum atomic E-state index is 0.0422. The van der Waals surface area contributed by atoms with Gasteiger partial charge in [0, 0.05) is 13.0 Å². The molecule has 4 nitrogen and oxygen atoms in total. The van der Waals surface area contributed by atoms with Crippen molar-refractivity contribution in [2.75, 3.05) is 20.3 Å². The lowest BCUT2D eigenvalue weighted by Crippen LogP contribution is -2.25. The van der Waals surface area contributed by atoms with Crippen LogP contribution in [0.4, 0.5) is 0 Å². The lowest BCUT2D eigenvalue weighted by Gasteiger charge is -2.10. The lowest BCUT2D eigenvalue weighted by atomic mass is 10.1. The van der Waals surface area contributed by atoms with Gasteiger partial charge in [-0.05, 0) is 52.5 Å². The highest BCUT2D eigenvalue weighted by molar-refractivity contribution is 9.10. The maximum absolute atomic E-state index is 11.9. The molecule has 5 heteroatoms. The summed E-state index contributed by atoms with van der Waals surface area (Å²) in [7, 11) is 1.66. The molecule has 2 aromatic carbocycles. The molecule has 1 N–H and O–H groups in total. The van der Waals surface area contributed by atoms with Crippen LogP contribution < -0.4 is 14.8 Å². The molecule has 0 spiro atoms. The molecule has 0 aliphatic heterocycles. The maximum atomic E-state index is 11.9. The Bertz CT molecular complexity index is 661. The molecule has 0 radical (unpaired) electrons. The van der Waals surface area contributed by atoms with Gasteiger partial charge in [0.2, 0.25) is 5.91 Å². The van der Waals surface area contributed by atoms with Crippen molar-refractivity contribution in [3.8, 4) is 11.5 Å². The molecule has 0 heterocycles. The van der Waals surface area contributed by atoms with Gasteiger partial charge in [-0.2, -0.15) is 0 Å². The Kier molecular flexibility index (Phi) is 7.62. The number of carbonyl (C=O) groups is 1. The second kappa shape index (κ2) is 9.98. The normalized spacial score (nSPS) is 10.2. The summed E-state index contributed by atoms with van der Waals surface area (Å²) in [5.74, 6) is 1.70. The zero-order valence-electron chi connectivity index (χ0n) is 13.8. The number of ether oxygens (including phenoxy) is 2. The van der Waals surface area contributed by atoms with Gasteiger partial charge in [-0.1, -0.05) is 30.3 Å². The Morgan fingerprint density at radius 2 is 1.79 bits per heavy atom. The Morgan fingerprint density at radius 3 is 2.54 bits per heavy atom. The second-order valence-corrected chi connectivity index (χ2v) is 6.15. The molecule has 0 aromatic heterocycles. The van der Waals surface area contributed by atoms with Crippen LogP contribution in [0, 0.1) is 0 Å². The van der Waals surface area contributed by atoms with E-state index in [1.807, 2.05) is 48.5 Å². The highest BCUT2D eigenvalue weighted by Gasteiger charge is 2.05. The molecule has 0 atom stereocenters. The quantitative estimate of drug-likeness (QED) is 0.657. The van der Waals surface area contributed by atoms with Crippen LogP contribution in [-0.4, -0.2) is 26.2 Å². The van der Waals surface area contributed by atoms with E-state index < -0.39 is 0 Å². The van der Waals surface area contributed by atoms with E-state index in [9.17, 15) is 4.79 Å². The molecular formula is C19H22BrNO3. The highest BCUT2D eigenvalue weighted by atomic mass is 79.9. The third-order valence-corrected chi connectivity index (χ3v) is 4.21. The predicted molar refractivity (Wildman–Crippen MR) is 98.6 cm³/mol. The standard InChI is InChI=1S/C19H22BrNO3/c1-23-17-9-4-2-7-15(17)12-13-21-19(22)11-6-14-24-18-10-5-3-8-16(18)20/h2-5,7-10H,6,11-14H2,1H3,(H,21,22). The van der Waals surface area contributed by atoms with E-state index in [4.69, 9.17) is 9.47 Å². The van der Waals surface area contributed by atoms with Crippen LogP contribution in [0.1, 0.15) is 18.4 Å². The molecule has 2 rings (SSSR count). The van der Waals surface area contributed by atoms with Gasteiger partial charge >= 0.3 is 0 Å². The van der Waals surface area contributed by atoms with Crippen molar-refractivity contribution >= 4 is 21.8 Å². The summed E-state index contributed by atoms with van der Waals surface area (Å²) < 4.78 is 11.9. The average molecular weight is 392 g/mol. The van der Waals surface area contributed by atoms with E-state index in [-0.39, 0.29) is 5.91 Å². The van der Waals surface area contributed by atoms with E-state index in [2.05, 4.69) is 21.2 Å². The van der Waals surface area contributed by atoms with Gasteiger partial charge in [-0.3, -0.25) is 4.79 Å². The summed E-state index contributed by atoms with van der Waals surface area (Å²) in [5, 5.41) is 2.93. The third kappa shape index (κ3) is 5.89. The van der Waals surface area contributed by atoms with E-state index in [0.717, 1.165) is 28.0 Å². The average Bonchev–Trinajstić information content (AvgIpc) is 2.60. The number of carbonyl (C=O) groups excluding carboxylic acids is 1. The fourth-order valence-electron chi connectivity index (χ4n) is 2.31. The predicted octanol–water partition coefficient (Wildman–Crippen LogP) is 3.98. The first-order valence-electron chi connectivity index (χ1n) is 7.96. The Hall–Kier alpha value is -2.01. The molecule has 0 aliphatic rings. The number of methoxy groups -OCH3 is 1. The van der Waals surface area contributed by atoms with E-state index in [1.165, 1.54) is 0 Å². The number of para-hydroxylation sites is 2. The summed E-state index contributed by atoms with van der Waals surface area (Å²) in [6, 6.07) is 15.5. The maximum Gasteiger partial charge on any atom is 0.220 e. The number of rotatable bonds is 9. The molecule has 0 unspecified atom stereocenters. The fraction of sp³-hybridized carbons (Fsp3) is 0.316. The smallest absolute Gasteiger partial charge is 0.220 e. The van der Waals surface area contributed by atoms with Crippen LogP contribution in [0.5, 0.6) is 11.5 Å². The first-order chi connectivity index (χ1) is 11.7. The molecular weight excluding hydrogens is 370 g/mol. The van der Waals surface area contributed by atoms with Crippen molar-refractivity contribution in [3.05, 3.63) is 58.6 Å². The van der Waals surface area contributed by atoms with Crippen molar-refractivity contribution in [2.45, 2.75) is 19.3 Å². The van der Waals surface area contributed by atoms with Crippen molar-refractivity contribution in [3.63, 3.8) is 0 Å². The van der Waals surface area contributed by atoms with Gasteiger partial charge in [-0.25, -0.2) is 0 Å². The zero-order chi connectivity index (χ0) is 17.2. The first kappa shape index (κ1) is 18.3. The summed E-state index contributed by atoms with van der Waals surface area (Å²) in [6.45, 7) is 1.12. The molecule has 2 aromatic rings. The van der Waals surface area contributed by atoms with E-state index >= 15 is 0 Å². The first-order valence-corrected chi connectivity index (χ1v) is 8.76. The Balaban J connectivity index is 1.62. The van der Waals surface area contributed by atoms with Gasteiger partial charge in [0.1, 0.15) is 11.5 Å². The van der Waals surface area contributed by atoms with Crippen LogP contribution >= 0.6 is 15.9 Å². The minimum Gasteiger partial charge on any atom is -0.496 e. The Labute approximate surface area is 151 Å². The summed E-state index contributed by atoms with van der Waals surface area (Å²) in [6.07, 6.45) is 1.89. The van der Waals surface area contributed by atoms with Crippen LogP contribution in [0.2, 0.25) is 0 Å². The SMILES string of the molecule is COc1ccccc1CCNC(=O)CCCOc1ccccc1Br. The van der Waals surface area contributed by atoms with E-state index in [1.54, 1.807) is 7.11 Å². The number of halogens is 1. The van der Waals surface area contributed by atoms with Gasteiger partial charge in [0.15, 0.2) is 0 Å². The van der Waals surface area contributed by atoms with Crippen LogP contribution in [0.3, 0.4) is 0 Å². The molecule has 0 saturated carbocycles. The minimum absolute atomic E-state index is 0.0422. The molecule has 128 valence electrons. The van der Waals surface area contributed by atoms with Crippen LogP contribution in [0.25, 0.3) is 0 Å². The summed E-state index contributed by atoms with van der Waals surface area (Å²) in [5.41, 5.74) is 1.09. The van der Waals surface area contributed by atoms with Crippen LogP contribution in [-0.2, 0) is 11.2 Å². The number of hydrogen-bond donors (Lipinski definition) is 1. The second-order valence-electron chi connectivity index (χ2n) is 5.29. The van der Waals surface area contributed by atoms with Gasteiger partial charge < -0.3 is 14.8 Å². The Morgan fingerprint density at radius 1 is 1.08 bits per heavy atom. The van der Waals surface area contributed by atoms with Crippen molar-refractivity contribution in [2.24, 2.45) is 0 Å². The van der Waals surface area contributed by atoms with Crippen molar-refractivity contribution in [1.82, 2.24) is 5.32 Å². The molecule has 24 heavy (non-hydrogen) atoms. The number of nitrogens with one attached hydrogen (secondary N) is 1. The fourth-order valence-corrected chi connectivity index (χ4v) is 2.71. The molecule has 1 amide bonds. The largest absolute Gasteiger partial charge is 0.496 e. The molecule has 0 saturated heterocycles. The van der Waals surface area contributed by atoms with Gasteiger partial charge in [0.05, 0.1) is 18.2 Å². The highest BCUT2D eigenvalue weighted by Crippen LogP contribution is 2.23. The monoisotopic (exact) mass is 391 g/mol. The van der Waals surface area contributed by atoms with Crippen LogP contribution in [0.15, 0.2) is 53.0 Å². The van der Waals surface area contributed by atoms with E-state index in [0.29, 0.717) is 26.0 Å². The number of hydrogen-bond acceptors (Lipinski definition) is 3. The van der Waals surface area contributed by atoms with Crippen molar-refractivity contribution < 1.29 is 14.3 Å². The molecule has 0 bridgehead atoms. The third-order valence-electron chi connectivity index (χ3n) is 3.55. The van der Waals surface area contributed by atoms with Crippen molar-refractivity contribution in [1.29, 1.82) is 0 Å².